The molecule has 0 saturated carbocycles. The molecule has 5 aromatic rings. The number of fused-ring (bicyclic) bond motifs is 5. The number of carbonyl (C=O) groups is 1. The summed E-state index contributed by atoms with van der Waals surface area (Å²) in [7, 11) is 0. The Kier molecular flexibility index (Phi) is 4.50. The maximum atomic E-state index is 13.3. The molecule has 156 valence electrons. The molecule has 3 heterocycles. The Labute approximate surface area is 178 Å². The highest BCUT2D eigenvalue weighted by atomic mass is 16.5. The molecule has 0 saturated heterocycles. The van der Waals surface area contributed by atoms with E-state index in [0.29, 0.717) is 23.6 Å². The first-order valence-electron chi connectivity index (χ1n) is 10.5. The van der Waals surface area contributed by atoms with Gasteiger partial charge in [0.1, 0.15) is 5.75 Å². The molecule has 1 amide bonds. The molecule has 0 bridgehead atoms. The summed E-state index contributed by atoms with van der Waals surface area (Å²) in [5, 5.41) is 6.21. The van der Waals surface area contributed by atoms with Crippen LogP contribution in [0, 0.1) is 5.92 Å². The second-order valence-electron chi connectivity index (χ2n) is 8.32. The van der Waals surface area contributed by atoms with Crippen molar-refractivity contribution in [3.8, 4) is 5.75 Å². The second kappa shape index (κ2) is 7.23. The number of ether oxygens (including phenoxy) is 1. The molecule has 0 fully saturated rings. The largest absolute Gasteiger partial charge is 0.481 e. The van der Waals surface area contributed by atoms with Crippen molar-refractivity contribution >= 4 is 44.0 Å². The summed E-state index contributed by atoms with van der Waals surface area (Å²) in [5.41, 5.74) is 2.34. The number of nitrogens with zero attached hydrogens (tertiary/aromatic N) is 2. The van der Waals surface area contributed by atoms with Crippen LogP contribution in [0.1, 0.15) is 20.8 Å². The summed E-state index contributed by atoms with van der Waals surface area (Å²) in [4.78, 5) is 30.2. The van der Waals surface area contributed by atoms with E-state index in [2.05, 4.69) is 10.3 Å². The lowest BCUT2D eigenvalue weighted by Crippen LogP contribution is -2.38. The summed E-state index contributed by atoms with van der Waals surface area (Å²) in [6, 6.07) is 15.0. The van der Waals surface area contributed by atoms with E-state index in [1.165, 1.54) is 0 Å². The van der Waals surface area contributed by atoms with E-state index in [4.69, 9.17) is 4.74 Å². The smallest absolute Gasteiger partial charge is 0.263 e. The lowest BCUT2D eigenvalue weighted by Gasteiger charge is -2.15. The van der Waals surface area contributed by atoms with Gasteiger partial charge in [-0.15, -0.1) is 0 Å². The molecule has 3 aromatic heterocycles. The summed E-state index contributed by atoms with van der Waals surface area (Å²) in [6.07, 6.45) is 1.15. The lowest BCUT2D eigenvalue weighted by molar-refractivity contribution is -0.127. The molecule has 31 heavy (non-hydrogen) atoms. The standard InChI is InChI=1S/C25H23N3O3/c1-14(2)13-27-24(29)15(3)31-16-8-9-21-20(12-16)18-10-11-26-22-17-6-4-5-7-19(17)25(30)28(21)23(18)22/h4-12,14-15H,13H2,1-3H3,(H,27,29)/t15-/m1/s1. The van der Waals surface area contributed by atoms with E-state index in [9.17, 15) is 9.59 Å². The Bertz CT molecular complexity index is 1500. The average Bonchev–Trinajstić information content (AvgIpc) is 3.10. The van der Waals surface area contributed by atoms with Gasteiger partial charge in [0.15, 0.2) is 6.10 Å². The fourth-order valence-corrected chi connectivity index (χ4v) is 4.13. The van der Waals surface area contributed by atoms with Gasteiger partial charge in [0.2, 0.25) is 0 Å². The van der Waals surface area contributed by atoms with Crippen LogP contribution in [0.25, 0.3) is 38.1 Å². The maximum Gasteiger partial charge on any atom is 0.263 e. The lowest BCUT2D eigenvalue weighted by atomic mass is 10.1. The highest BCUT2D eigenvalue weighted by Gasteiger charge is 2.19. The van der Waals surface area contributed by atoms with Crippen molar-refractivity contribution in [2.75, 3.05) is 6.54 Å². The molecular formula is C25H23N3O3. The molecule has 0 aliphatic heterocycles. The fourth-order valence-electron chi connectivity index (χ4n) is 4.13. The quantitative estimate of drug-likeness (QED) is 0.440. The number of hydrogen-bond donors (Lipinski definition) is 1. The number of hydrogen-bond acceptors (Lipinski definition) is 4. The van der Waals surface area contributed by atoms with Crippen molar-refractivity contribution < 1.29 is 9.53 Å². The Morgan fingerprint density at radius 1 is 1.03 bits per heavy atom. The third kappa shape index (κ3) is 3.06. The van der Waals surface area contributed by atoms with Crippen LogP contribution in [0.3, 0.4) is 0 Å². The summed E-state index contributed by atoms with van der Waals surface area (Å²) < 4.78 is 7.66. The number of carbonyl (C=O) groups excluding carboxylic acids is 1. The van der Waals surface area contributed by atoms with E-state index in [-0.39, 0.29) is 11.5 Å². The van der Waals surface area contributed by atoms with Gasteiger partial charge < -0.3 is 10.1 Å². The number of amides is 1. The number of benzene rings is 2. The molecule has 0 unspecified atom stereocenters. The molecule has 0 radical (unpaired) electrons. The minimum atomic E-state index is -0.622. The topological polar surface area (TPSA) is 72.7 Å². The summed E-state index contributed by atoms with van der Waals surface area (Å²) in [5.74, 6) is 0.810. The molecular weight excluding hydrogens is 390 g/mol. The Morgan fingerprint density at radius 2 is 1.81 bits per heavy atom. The van der Waals surface area contributed by atoms with E-state index in [1.54, 1.807) is 23.6 Å². The van der Waals surface area contributed by atoms with Crippen molar-refractivity contribution in [1.29, 1.82) is 0 Å². The maximum absolute atomic E-state index is 13.3. The first-order chi connectivity index (χ1) is 15.0. The van der Waals surface area contributed by atoms with E-state index in [0.717, 1.165) is 32.7 Å². The molecule has 6 heteroatoms. The van der Waals surface area contributed by atoms with Crippen LogP contribution in [0.15, 0.2) is 59.5 Å². The van der Waals surface area contributed by atoms with Crippen LogP contribution >= 0.6 is 0 Å². The average molecular weight is 413 g/mol. The number of aromatic nitrogens is 2. The highest BCUT2D eigenvalue weighted by molar-refractivity contribution is 6.18. The van der Waals surface area contributed by atoms with Gasteiger partial charge in [0, 0.05) is 34.3 Å². The van der Waals surface area contributed by atoms with Gasteiger partial charge in [0.05, 0.1) is 16.6 Å². The van der Waals surface area contributed by atoms with Crippen molar-refractivity contribution in [1.82, 2.24) is 14.7 Å². The zero-order chi connectivity index (χ0) is 21.7. The second-order valence-corrected chi connectivity index (χ2v) is 8.32. The monoisotopic (exact) mass is 413 g/mol. The zero-order valence-electron chi connectivity index (χ0n) is 17.7. The third-order valence-corrected chi connectivity index (χ3v) is 5.63. The predicted molar refractivity (Wildman–Crippen MR) is 123 cm³/mol. The van der Waals surface area contributed by atoms with Gasteiger partial charge in [-0.25, -0.2) is 0 Å². The van der Waals surface area contributed by atoms with E-state index < -0.39 is 6.10 Å². The highest BCUT2D eigenvalue weighted by Crippen LogP contribution is 2.34. The molecule has 0 spiro atoms. The minimum Gasteiger partial charge on any atom is -0.481 e. The van der Waals surface area contributed by atoms with Crippen LogP contribution in [0.5, 0.6) is 5.75 Å². The molecule has 0 aliphatic rings. The van der Waals surface area contributed by atoms with Crippen molar-refractivity contribution in [2.45, 2.75) is 26.9 Å². The van der Waals surface area contributed by atoms with Crippen LogP contribution in [0.4, 0.5) is 0 Å². The number of pyridine rings is 2. The third-order valence-electron chi connectivity index (χ3n) is 5.63. The number of rotatable bonds is 5. The van der Waals surface area contributed by atoms with Gasteiger partial charge in [0.25, 0.3) is 11.5 Å². The Hall–Kier alpha value is -3.67. The fraction of sp³-hybridized carbons (Fsp3) is 0.240. The molecule has 1 atom stereocenters. The van der Waals surface area contributed by atoms with Gasteiger partial charge in [-0.2, -0.15) is 0 Å². The van der Waals surface area contributed by atoms with Gasteiger partial charge in [-0.1, -0.05) is 32.0 Å². The minimum absolute atomic E-state index is 0.0637. The summed E-state index contributed by atoms with van der Waals surface area (Å²) in [6.45, 7) is 6.44. The molecule has 6 nitrogen and oxygen atoms in total. The van der Waals surface area contributed by atoms with Gasteiger partial charge >= 0.3 is 0 Å². The summed E-state index contributed by atoms with van der Waals surface area (Å²) >= 11 is 0. The van der Waals surface area contributed by atoms with Crippen LogP contribution < -0.4 is 15.6 Å². The van der Waals surface area contributed by atoms with Crippen molar-refractivity contribution in [3.05, 3.63) is 65.1 Å². The van der Waals surface area contributed by atoms with Crippen molar-refractivity contribution in [2.24, 2.45) is 5.92 Å². The number of nitrogens with one attached hydrogen (secondary N) is 1. The molecule has 2 aromatic carbocycles. The predicted octanol–water partition coefficient (Wildman–Crippen LogP) is 4.13. The Balaban J connectivity index is 1.65. The Morgan fingerprint density at radius 3 is 2.58 bits per heavy atom. The first kappa shape index (κ1) is 19.3. The van der Waals surface area contributed by atoms with Gasteiger partial charge in [-0.3, -0.25) is 19.0 Å². The first-order valence-corrected chi connectivity index (χ1v) is 10.5. The van der Waals surface area contributed by atoms with Crippen LogP contribution in [-0.2, 0) is 4.79 Å². The van der Waals surface area contributed by atoms with Crippen LogP contribution in [0.2, 0.25) is 0 Å². The molecule has 5 rings (SSSR count). The van der Waals surface area contributed by atoms with Crippen molar-refractivity contribution in [3.63, 3.8) is 0 Å². The van der Waals surface area contributed by atoms with E-state index >= 15 is 0 Å². The van der Waals surface area contributed by atoms with Crippen LogP contribution in [-0.4, -0.2) is 27.9 Å². The molecule has 0 aliphatic carbocycles. The van der Waals surface area contributed by atoms with Gasteiger partial charge in [-0.05, 0) is 43.2 Å². The molecule has 1 N–H and O–H groups in total. The SMILES string of the molecule is CC(C)CNC(=O)[C@@H](C)Oc1ccc2c(c1)c1ccnc3c4ccccc4c(=O)n2c13. The normalized spacial score (nSPS) is 12.9. The zero-order valence-corrected chi connectivity index (χ0v) is 17.7. The van der Waals surface area contributed by atoms with E-state index in [1.807, 2.05) is 56.3 Å².